The maximum Gasteiger partial charge on any atom is 0.155 e. The Kier molecular flexibility index (Phi) is 2.57. The molecule has 0 aromatic rings. The number of hydrogen-bond acceptors (Lipinski definition) is 4. The van der Waals surface area contributed by atoms with Gasteiger partial charge in [0.1, 0.15) is 0 Å². The molecule has 3 rings (SSSR count). The van der Waals surface area contributed by atoms with Crippen LogP contribution in [0.15, 0.2) is 0 Å². The van der Waals surface area contributed by atoms with Gasteiger partial charge in [0.15, 0.2) is 5.78 Å². The van der Waals surface area contributed by atoms with Gasteiger partial charge in [-0.2, -0.15) is 11.8 Å². The Morgan fingerprint density at radius 2 is 2.19 bits per heavy atom. The average Bonchev–Trinajstić information content (AvgIpc) is 2.89. The van der Waals surface area contributed by atoms with Gasteiger partial charge >= 0.3 is 0 Å². The zero-order valence-electron chi connectivity index (χ0n) is 9.54. The molecule has 0 aromatic heterocycles. The first kappa shape index (κ1) is 11.1. The van der Waals surface area contributed by atoms with Gasteiger partial charge < -0.3 is 10.5 Å². The van der Waals surface area contributed by atoms with Crippen LogP contribution in [0.25, 0.3) is 0 Å². The minimum atomic E-state index is -0.449. The summed E-state index contributed by atoms with van der Waals surface area (Å²) in [6, 6.07) is 0. The first-order valence-electron chi connectivity index (χ1n) is 6.19. The second-order valence-electron chi connectivity index (χ2n) is 5.54. The fourth-order valence-electron chi connectivity index (χ4n) is 2.90. The monoisotopic (exact) mass is 241 g/mol. The minimum Gasteiger partial charge on any atom is -0.374 e. The summed E-state index contributed by atoms with van der Waals surface area (Å²) in [4.78, 5) is 12.2. The molecule has 2 atom stereocenters. The van der Waals surface area contributed by atoms with Crippen molar-refractivity contribution in [3.8, 4) is 0 Å². The number of rotatable bonds is 2. The Morgan fingerprint density at radius 3 is 2.81 bits per heavy atom. The van der Waals surface area contributed by atoms with Gasteiger partial charge in [0.25, 0.3) is 0 Å². The van der Waals surface area contributed by atoms with Crippen LogP contribution in [0.5, 0.6) is 0 Å². The third kappa shape index (κ3) is 1.81. The van der Waals surface area contributed by atoms with Crippen molar-refractivity contribution in [2.24, 2.45) is 11.7 Å². The summed E-state index contributed by atoms with van der Waals surface area (Å²) in [7, 11) is 0. The van der Waals surface area contributed by atoms with Crippen LogP contribution in [0.4, 0.5) is 0 Å². The molecule has 90 valence electrons. The lowest BCUT2D eigenvalue weighted by Gasteiger charge is -2.37. The summed E-state index contributed by atoms with van der Waals surface area (Å²) in [5.41, 5.74) is 5.57. The van der Waals surface area contributed by atoms with Crippen LogP contribution < -0.4 is 5.73 Å². The number of ether oxygens (including phenoxy) is 1. The molecule has 0 amide bonds. The van der Waals surface area contributed by atoms with E-state index in [2.05, 4.69) is 0 Å². The number of thioether (sulfide) groups is 1. The minimum absolute atomic E-state index is 0.00843. The molecular formula is C12H19NO2S. The molecule has 0 radical (unpaired) electrons. The topological polar surface area (TPSA) is 52.3 Å². The van der Waals surface area contributed by atoms with Gasteiger partial charge in [0.05, 0.1) is 11.1 Å². The maximum absolute atomic E-state index is 12.2. The molecule has 0 bridgehead atoms. The van der Waals surface area contributed by atoms with Crippen LogP contribution >= 0.6 is 11.8 Å². The number of ketones is 1. The highest BCUT2D eigenvalue weighted by Crippen LogP contribution is 2.44. The van der Waals surface area contributed by atoms with Gasteiger partial charge in [-0.25, -0.2) is 0 Å². The molecule has 3 fully saturated rings. The van der Waals surface area contributed by atoms with E-state index in [4.69, 9.17) is 10.5 Å². The Labute approximate surface area is 100 Å². The van der Waals surface area contributed by atoms with Crippen LogP contribution in [0, 0.1) is 5.92 Å². The standard InChI is InChI=1S/C12H19NO2S/c13-12(2-3-12)10(14)9-1-5-15-11(7-9)4-6-16-8-11/h9H,1-8,13H2. The largest absolute Gasteiger partial charge is 0.374 e. The van der Waals surface area contributed by atoms with Gasteiger partial charge in [-0.3, -0.25) is 4.79 Å². The lowest BCUT2D eigenvalue weighted by atomic mass is 9.80. The third-order valence-electron chi connectivity index (χ3n) is 4.21. The van der Waals surface area contributed by atoms with E-state index in [1.165, 1.54) is 5.75 Å². The molecule has 1 aliphatic carbocycles. The van der Waals surface area contributed by atoms with Gasteiger partial charge in [0.2, 0.25) is 0 Å². The van der Waals surface area contributed by atoms with Crippen LogP contribution in [0.1, 0.15) is 32.1 Å². The van der Waals surface area contributed by atoms with E-state index in [0.29, 0.717) is 5.78 Å². The summed E-state index contributed by atoms with van der Waals surface area (Å²) in [5, 5.41) is 0. The Balaban J connectivity index is 1.70. The van der Waals surface area contributed by atoms with Gasteiger partial charge in [-0.1, -0.05) is 0 Å². The first-order chi connectivity index (χ1) is 7.64. The summed E-state index contributed by atoms with van der Waals surface area (Å²) in [5.74, 6) is 2.72. The van der Waals surface area contributed by atoms with Crippen LogP contribution in [0.3, 0.4) is 0 Å². The fraction of sp³-hybridized carbons (Fsp3) is 0.917. The molecule has 16 heavy (non-hydrogen) atoms. The van der Waals surface area contributed by atoms with E-state index < -0.39 is 5.54 Å². The second-order valence-corrected chi connectivity index (χ2v) is 6.65. The Morgan fingerprint density at radius 1 is 1.38 bits per heavy atom. The molecule has 3 nitrogen and oxygen atoms in total. The number of carbonyl (C=O) groups excluding carboxylic acids is 1. The molecule has 2 unspecified atom stereocenters. The molecule has 3 aliphatic rings. The Bertz CT molecular complexity index is 308. The molecule has 2 saturated heterocycles. The van der Waals surface area contributed by atoms with Gasteiger partial charge in [0, 0.05) is 18.3 Å². The average molecular weight is 241 g/mol. The van der Waals surface area contributed by atoms with Crippen molar-refractivity contribution >= 4 is 17.5 Å². The second kappa shape index (κ2) is 3.72. The van der Waals surface area contributed by atoms with Crippen molar-refractivity contribution in [1.29, 1.82) is 0 Å². The molecular weight excluding hydrogens is 222 g/mol. The number of hydrogen-bond donors (Lipinski definition) is 1. The number of nitrogens with two attached hydrogens (primary N) is 1. The van der Waals surface area contributed by atoms with E-state index >= 15 is 0 Å². The Hall–Kier alpha value is -0.0600. The number of Topliss-reactive ketones (excluding diaryl/α,β-unsaturated/α-hetero) is 1. The van der Waals surface area contributed by atoms with Crippen molar-refractivity contribution in [3.05, 3.63) is 0 Å². The summed E-state index contributed by atoms with van der Waals surface area (Å²) < 4.78 is 5.93. The van der Waals surface area contributed by atoms with Crippen molar-refractivity contribution in [1.82, 2.24) is 0 Å². The predicted molar refractivity (Wildman–Crippen MR) is 64.5 cm³/mol. The van der Waals surface area contributed by atoms with E-state index in [-0.39, 0.29) is 11.5 Å². The van der Waals surface area contributed by atoms with E-state index in [0.717, 1.165) is 44.5 Å². The lowest BCUT2D eigenvalue weighted by molar-refractivity contribution is -0.136. The van der Waals surface area contributed by atoms with Crippen LogP contribution in [-0.2, 0) is 9.53 Å². The first-order valence-corrected chi connectivity index (χ1v) is 7.34. The van der Waals surface area contributed by atoms with Gasteiger partial charge in [-0.15, -0.1) is 0 Å². The maximum atomic E-state index is 12.2. The van der Waals surface area contributed by atoms with Crippen LogP contribution in [0.2, 0.25) is 0 Å². The molecule has 2 heterocycles. The fourth-order valence-corrected chi connectivity index (χ4v) is 4.28. The van der Waals surface area contributed by atoms with Crippen molar-refractivity contribution in [2.75, 3.05) is 18.1 Å². The smallest absolute Gasteiger partial charge is 0.155 e. The summed E-state index contributed by atoms with van der Waals surface area (Å²) >= 11 is 1.95. The van der Waals surface area contributed by atoms with E-state index in [1.54, 1.807) is 0 Å². The molecule has 2 N–H and O–H groups in total. The molecule has 4 heteroatoms. The van der Waals surface area contributed by atoms with Crippen molar-refractivity contribution in [3.63, 3.8) is 0 Å². The number of carbonyl (C=O) groups is 1. The molecule has 0 aromatic carbocycles. The SMILES string of the molecule is NC1(C(=O)C2CCOC3(CCSC3)C2)CC1. The highest BCUT2D eigenvalue weighted by atomic mass is 32.2. The molecule has 1 saturated carbocycles. The molecule has 1 spiro atoms. The normalized spacial score (nSPS) is 41.2. The quantitative estimate of drug-likeness (QED) is 0.793. The zero-order chi connectivity index (χ0) is 11.2. The van der Waals surface area contributed by atoms with E-state index in [9.17, 15) is 4.79 Å². The highest BCUT2D eigenvalue weighted by Gasteiger charge is 2.51. The predicted octanol–water partition coefficient (Wildman–Crippen LogP) is 1.35. The van der Waals surface area contributed by atoms with E-state index in [1.807, 2.05) is 11.8 Å². The molecule has 2 aliphatic heterocycles. The van der Waals surface area contributed by atoms with Gasteiger partial charge in [-0.05, 0) is 37.9 Å². The van der Waals surface area contributed by atoms with Crippen LogP contribution in [-0.4, -0.2) is 35.0 Å². The van der Waals surface area contributed by atoms with Crippen molar-refractivity contribution in [2.45, 2.75) is 43.2 Å². The summed E-state index contributed by atoms with van der Waals surface area (Å²) in [6.45, 7) is 0.743. The third-order valence-corrected chi connectivity index (χ3v) is 5.43. The summed E-state index contributed by atoms with van der Waals surface area (Å²) in [6.07, 6.45) is 4.69. The highest BCUT2D eigenvalue weighted by molar-refractivity contribution is 7.99. The zero-order valence-corrected chi connectivity index (χ0v) is 10.4. The van der Waals surface area contributed by atoms with Crippen molar-refractivity contribution < 1.29 is 9.53 Å². The lowest BCUT2D eigenvalue weighted by Crippen LogP contribution is -2.46.